The zero-order chi connectivity index (χ0) is 13.2. The molecule has 100 valence electrons. The summed E-state index contributed by atoms with van der Waals surface area (Å²) in [5, 5.41) is 3.54. The fourth-order valence-electron chi connectivity index (χ4n) is 2.18. The molecule has 0 amide bonds. The Balaban J connectivity index is 1.89. The molecule has 0 spiro atoms. The van der Waals surface area contributed by atoms with Crippen LogP contribution in [0.4, 0.5) is 0 Å². The molecular weight excluding hydrogens is 226 g/mol. The van der Waals surface area contributed by atoms with Gasteiger partial charge < -0.3 is 14.8 Å². The van der Waals surface area contributed by atoms with Crippen molar-refractivity contribution in [2.75, 3.05) is 19.8 Å². The number of aryl methyl sites for hydroxylation is 2. The van der Waals surface area contributed by atoms with E-state index in [1.165, 1.54) is 11.1 Å². The third-order valence-electron chi connectivity index (χ3n) is 3.31. The van der Waals surface area contributed by atoms with Gasteiger partial charge in [0.25, 0.3) is 0 Å². The minimum Gasteiger partial charge on any atom is -0.492 e. The van der Waals surface area contributed by atoms with Gasteiger partial charge in [-0.2, -0.15) is 0 Å². The summed E-state index contributed by atoms with van der Waals surface area (Å²) in [4.78, 5) is 0. The smallest absolute Gasteiger partial charge is 0.119 e. The van der Waals surface area contributed by atoms with Crippen molar-refractivity contribution in [2.24, 2.45) is 0 Å². The summed E-state index contributed by atoms with van der Waals surface area (Å²) in [7, 11) is 0. The van der Waals surface area contributed by atoms with Crippen molar-refractivity contribution in [3.8, 4) is 5.75 Å². The van der Waals surface area contributed by atoms with Gasteiger partial charge in [-0.1, -0.05) is 6.07 Å². The van der Waals surface area contributed by atoms with E-state index in [4.69, 9.17) is 9.47 Å². The normalized spacial score (nSPS) is 22.8. The van der Waals surface area contributed by atoms with E-state index in [0.717, 1.165) is 12.4 Å². The number of rotatable bonds is 3. The van der Waals surface area contributed by atoms with Gasteiger partial charge in [0.15, 0.2) is 0 Å². The van der Waals surface area contributed by atoms with E-state index in [1.54, 1.807) is 0 Å². The maximum absolute atomic E-state index is 5.83. The van der Waals surface area contributed by atoms with Crippen LogP contribution in [0.25, 0.3) is 0 Å². The molecule has 1 N–H and O–H groups in total. The first kappa shape index (κ1) is 13.4. The third-order valence-corrected chi connectivity index (χ3v) is 3.31. The lowest BCUT2D eigenvalue weighted by atomic mass is 10.0. The second kappa shape index (κ2) is 5.29. The molecule has 18 heavy (non-hydrogen) atoms. The number of nitrogens with one attached hydrogen (secondary N) is 1. The lowest BCUT2D eigenvalue weighted by Crippen LogP contribution is -2.57. The molecule has 2 rings (SSSR count). The van der Waals surface area contributed by atoms with E-state index in [2.05, 4.69) is 45.1 Å². The monoisotopic (exact) mass is 249 g/mol. The predicted molar refractivity (Wildman–Crippen MR) is 73.2 cm³/mol. The maximum Gasteiger partial charge on any atom is 0.119 e. The number of ether oxygens (including phenoxy) is 2. The van der Waals surface area contributed by atoms with Crippen molar-refractivity contribution >= 4 is 0 Å². The molecule has 1 aromatic carbocycles. The van der Waals surface area contributed by atoms with Gasteiger partial charge in [0.1, 0.15) is 12.4 Å². The standard InChI is InChI=1S/C15H23NO2/c1-11-5-6-14(7-12(11)2)18-9-13-8-17-10-15(3,4)16-13/h5-7,13,16H,8-10H2,1-4H3. The number of benzene rings is 1. The lowest BCUT2D eigenvalue weighted by molar-refractivity contribution is 0.000942. The van der Waals surface area contributed by atoms with Crippen LogP contribution in [0.2, 0.25) is 0 Å². The highest BCUT2D eigenvalue weighted by atomic mass is 16.5. The van der Waals surface area contributed by atoms with E-state index >= 15 is 0 Å². The van der Waals surface area contributed by atoms with Crippen LogP contribution in [-0.2, 0) is 4.74 Å². The molecule has 0 saturated carbocycles. The average Bonchev–Trinajstić information content (AvgIpc) is 2.29. The zero-order valence-corrected chi connectivity index (χ0v) is 11.7. The third kappa shape index (κ3) is 3.47. The van der Waals surface area contributed by atoms with Gasteiger partial charge in [-0.25, -0.2) is 0 Å². The Morgan fingerprint density at radius 2 is 2.11 bits per heavy atom. The van der Waals surface area contributed by atoms with Gasteiger partial charge in [-0.05, 0) is 51.0 Å². The molecule has 1 atom stereocenters. The largest absolute Gasteiger partial charge is 0.492 e. The maximum atomic E-state index is 5.83. The van der Waals surface area contributed by atoms with Crippen LogP contribution in [0.1, 0.15) is 25.0 Å². The summed E-state index contributed by atoms with van der Waals surface area (Å²) >= 11 is 0. The van der Waals surface area contributed by atoms with Crippen LogP contribution >= 0.6 is 0 Å². The Kier molecular flexibility index (Phi) is 3.93. The first-order chi connectivity index (χ1) is 8.46. The van der Waals surface area contributed by atoms with E-state index in [-0.39, 0.29) is 11.6 Å². The summed E-state index contributed by atoms with van der Waals surface area (Å²) in [6.45, 7) is 10.6. The molecule has 0 aliphatic carbocycles. The number of hydrogen-bond donors (Lipinski definition) is 1. The fourth-order valence-corrected chi connectivity index (χ4v) is 2.18. The van der Waals surface area contributed by atoms with Crippen LogP contribution in [-0.4, -0.2) is 31.4 Å². The number of morpholine rings is 1. The van der Waals surface area contributed by atoms with Crippen LogP contribution in [0.5, 0.6) is 5.75 Å². The van der Waals surface area contributed by atoms with Gasteiger partial charge in [0.2, 0.25) is 0 Å². The molecule has 0 radical (unpaired) electrons. The van der Waals surface area contributed by atoms with E-state index < -0.39 is 0 Å². The van der Waals surface area contributed by atoms with Crippen molar-refractivity contribution < 1.29 is 9.47 Å². The Hall–Kier alpha value is -1.06. The Morgan fingerprint density at radius 3 is 2.78 bits per heavy atom. The van der Waals surface area contributed by atoms with Gasteiger partial charge in [0.05, 0.1) is 19.3 Å². The second-order valence-electron chi connectivity index (χ2n) is 5.80. The molecule has 0 aromatic heterocycles. The van der Waals surface area contributed by atoms with Crippen LogP contribution in [0.15, 0.2) is 18.2 Å². The molecule has 1 unspecified atom stereocenters. The molecule has 3 nitrogen and oxygen atoms in total. The van der Waals surface area contributed by atoms with Crippen molar-refractivity contribution in [3.05, 3.63) is 29.3 Å². The summed E-state index contributed by atoms with van der Waals surface area (Å²) < 4.78 is 11.4. The predicted octanol–water partition coefficient (Wildman–Crippen LogP) is 2.45. The SMILES string of the molecule is Cc1ccc(OCC2COCC(C)(C)N2)cc1C. The highest BCUT2D eigenvalue weighted by molar-refractivity contribution is 5.33. The fraction of sp³-hybridized carbons (Fsp3) is 0.600. The molecule has 1 aromatic rings. The summed E-state index contributed by atoms with van der Waals surface area (Å²) in [5.41, 5.74) is 2.60. The van der Waals surface area contributed by atoms with Gasteiger partial charge >= 0.3 is 0 Å². The first-order valence-corrected chi connectivity index (χ1v) is 6.52. The summed E-state index contributed by atoms with van der Waals surface area (Å²) in [6, 6.07) is 6.47. The molecule has 3 heteroatoms. The van der Waals surface area contributed by atoms with Gasteiger partial charge in [-0.15, -0.1) is 0 Å². The first-order valence-electron chi connectivity index (χ1n) is 6.52. The minimum atomic E-state index is 0.0372. The summed E-state index contributed by atoms with van der Waals surface area (Å²) in [6.07, 6.45) is 0. The Labute approximate surface area is 109 Å². The van der Waals surface area contributed by atoms with Gasteiger partial charge in [0, 0.05) is 5.54 Å². The van der Waals surface area contributed by atoms with E-state index in [9.17, 15) is 0 Å². The van der Waals surface area contributed by atoms with E-state index in [0.29, 0.717) is 13.2 Å². The molecule has 0 bridgehead atoms. The van der Waals surface area contributed by atoms with E-state index in [1.807, 2.05) is 6.07 Å². The quantitative estimate of drug-likeness (QED) is 0.892. The Morgan fingerprint density at radius 1 is 1.33 bits per heavy atom. The zero-order valence-electron chi connectivity index (χ0n) is 11.7. The second-order valence-corrected chi connectivity index (χ2v) is 5.80. The molecule has 1 saturated heterocycles. The highest BCUT2D eigenvalue weighted by Crippen LogP contribution is 2.17. The van der Waals surface area contributed by atoms with Crippen molar-refractivity contribution in [3.63, 3.8) is 0 Å². The molecular formula is C15H23NO2. The number of hydrogen-bond acceptors (Lipinski definition) is 3. The Bertz CT molecular complexity index is 415. The van der Waals surface area contributed by atoms with Crippen LogP contribution in [0.3, 0.4) is 0 Å². The van der Waals surface area contributed by atoms with Crippen molar-refractivity contribution in [1.82, 2.24) is 5.32 Å². The highest BCUT2D eigenvalue weighted by Gasteiger charge is 2.27. The van der Waals surface area contributed by atoms with Crippen molar-refractivity contribution in [1.29, 1.82) is 0 Å². The van der Waals surface area contributed by atoms with Crippen LogP contribution < -0.4 is 10.1 Å². The topological polar surface area (TPSA) is 30.5 Å². The molecule has 1 aliphatic heterocycles. The molecule has 1 aliphatic rings. The summed E-state index contributed by atoms with van der Waals surface area (Å²) in [5.74, 6) is 0.934. The van der Waals surface area contributed by atoms with Crippen molar-refractivity contribution in [2.45, 2.75) is 39.3 Å². The molecule has 1 fully saturated rings. The van der Waals surface area contributed by atoms with Gasteiger partial charge in [-0.3, -0.25) is 0 Å². The minimum absolute atomic E-state index is 0.0372. The molecule has 1 heterocycles. The lowest BCUT2D eigenvalue weighted by Gasteiger charge is -2.36. The van der Waals surface area contributed by atoms with Crippen LogP contribution in [0, 0.1) is 13.8 Å². The average molecular weight is 249 g/mol.